The summed E-state index contributed by atoms with van der Waals surface area (Å²) in [6.07, 6.45) is 1.25. The van der Waals surface area contributed by atoms with Gasteiger partial charge in [0.15, 0.2) is 0 Å². The molecule has 0 aromatic heterocycles. The second-order valence-corrected chi connectivity index (χ2v) is 4.83. The maximum atomic E-state index is 3.60. The van der Waals surface area contributed by atoms with Crippen LogP contribution in [0.3, 0.4) is 0 Å². The highest BCUT2D eigenvalue weighted by molar-refractivity contribution is 9.10. The van der Waals surface area contributed by atoms with Crippen molar-refractivity contribution in [2.75, 3.05) is 26.2 Å². The van der Waals surface area contributed by atoms with Crippen molar-refractivity contribution in [1.29, 1.82) is 0 Å². The minimum Gasteiger partial charge on any atom is -0.315 e. The average molecular weight is 306 g/mol. The fourth-order valence-corrected chi connectivity index (χ4v) is 2.34. The molecular weight excluding hydrogens is 288 g/mol. The zero-order chi connectivity index (χ0) is 10.5. The van der Waals surface area contributed by atoms with Crippen LogP contribution in [0.4, 0.5) is 0 Å². The standard InChI is InChI=1S/C12H17BrN2.ClH/c13-12-5-2-1-4-11(12)10-15-8-3-6-14-7-9-15;/h1-2,4-5,14H,3,6-10H2;1H. The lowest BCUT2D eigenvalue weighted by atomic mass is 10.2. The molecule has 1 aliphatic heterocycles. The summed E-state index contributed by atoms with van der Waals surface area (Å²) in [6, 6.07) is 8.49. The van der Waals surface area contributed by atoms with Crippen molar-refractivity contribution in [3.05, 3.63) is 34.3 Å². The number of nitrogens with one attached hydrogen (secondary N) is 1. The SMILES string of the molecule is Brc1ccccc1CN1CCCNCC1.Cl. The third-order valence-electron chi connectivity index (χ3n) is 2.78. The van der Waals surface area contributed by atoms with Crippen molar-refractivity contribution in [1.82, 2.24) is 10.2 Å². The van der Waals surface area contributed by atoms with Crippen LogP contribution in [-0.2, 0) is 6.54 Å². The molecule has 0 unspecified atom stereocenters. The van der Waals surface area contributed by atoms with Crippen molar-refractivity contribution >= 4 is 28.3 Å². The molecule has 1 heterocycles. The molecule has 2 nitrogen and oxygen atoms in total. The highest BCUT2D eigenvalue weighted by atomic mass is 79.9. The molecule has 1 aromatic carbocycles. The third kappa shape index (κ3) is 4.06. The van der Waals surface area contributed by atoms with E-state index in [-0.39, 0.29) is 12.4 Å². The minimum atomic E-state index is 0. The van der Waals surface area contributed by atoms with E-state index < -0.39 is 0 Å². The molecule has 0 aliphatic carbocycles. The molecule has 0 spiro atoms. The van der Waals surface area contributed by atoms with E-state index in [1.54, 1.807) is 0 Å². The van der Waals surface area contributed by atoms with Crippen LogP contribution in [-0.4, -0.2) is 31.1 Å². The third-order valence-corrected chi connectivity index (χ3v) is 3.56. The summed E-state index contributed by atoms with van der Waals surface area (Å²) in [4.78, 5) is 2.51. The van der Waals surface area contributed by atoms with Crippen LogP contribution in [0.1, 0.15) is 12.0 Å². The first-order chi connectivity index (χ1) is 7.36. The lowest BCUT2D eigenvalue weighted by molar-refractivity contribution is 0.284. The van der Waals surface area contributed by atoms with Crippen molar-refractivity contribution in [2.24, 2.45) is 0 Å². The first-order valence-electron chi connectivity index (χ1n) is 5.53. The molecule has 1 aromatic rings. The molecule has 1 aliphatic rings. The van der Waals surface area contributed by atoms with Gasteiger partial charge in [-0.2, -0.15) is 0 Å². The van der Waals surface area contributed by atoms with E-state index in [9.17, 15) is 0 Å². The Kier molecular flexibility index (Phi) is 6.36. The van der Waals surface area contributed by atoms with Crippen LogP contribution in [0.15, 0.2) is 28.7 Å². The van der Waals surface area contributed by atoms with Crippen LogP contribution in [0.25, 0.3) is 0 Å². The Balaban J connectivity index is 0.00000128. The van der Waals surface area contributed by atoms with E-state index in [1.807, 2.05) is 0 Å². The quantitative estimate of drug-likeness (QED) is 0.904. The molecule has 1 saturated heterocycles. The second kappa shape index (κ2) is 7.28. The summed E-state index contributed by atoms with van der Waals surface area (Å²) in [5.74, 6) is 0. The van der Waals surface area contributed by atoms with Gasteiger partial charge in [0.2, 0.25) is 0 Å². The molecule has 0 atom stereocenters. The van der Waals surface area contributed by atoms with Crippen LogP contribution < -0.4 is 5.32 Å². The van der Waals surface area contributed by atoms with Gasteiger partial charge < -0.3 is 5.32 Å². The largest absolute Gasteiger partial charge is 0.315 e. The Hall–Kier alpha value is -0.0900. The fraction of sp³-hybridized carbons (Fsp3) is 0.500. The fourth-order valence-electron chi connectivity index (χ4n) is 1.93. The molecule has 16 heavy (non-hydrogen) atoms. The molecule has 0 saturated carbocycles. The monoisotopic (exact) mass is 304 g/mol. The van der Waals surface area contributed by atoms with Crippen molar-refractivity contribution in [3.63, 3.8) is 0 Å². The zero-order valence-electron chi connectivity index (χ0n) is 9.29. The van der Waals surface area contributed by atoms with Crippen LogP contribution in [0.5, 0.6) is 0 Å². The Labute approximate surface area is 112 Å². The van der Waals surface area contributed by atoms with Crippen molar-refractivity contribution in [3.8, 4) is 0 Å². The molecule has 90 valence electrons. The molecule has 4 heteroatoms. The summed E-state index contributed by atoms with van der Waals surface area (Å²) in [7, 11) is 0. The summed E-state index contributed by atoms with van der Waals surface area (Å²) in [6.45, 7) is 5.69. The molecule has 1 N–H and O–H groups in total. The van der Waals surface area contributed by atoms with Crippen LogP contribution in [0, 0.1) is 0 Å². The summed E-state index contributed by atoms with van der Waals surface area (Å²) in [5, 5.41) is 3.42. The molecule has 0 amide bonds. The number of rotatable bonds is 2. The highest BCUT2D eigenvalue weighted by Crippen LogP contribution is 2.17. The van der Waals surface area contributed by atoms with E-state index in [0.717, 1.165) is 26.2 Å². The second-order valence-electron chi connectivity index (χ2n) is 3.97. The lowest BCUT2D eigenvalue weighted by Gasteiger charge is -2.20. The van der Waals surface area contributed by atoms with Crippen molar-refractivity contribution in [2.45, 2.75) is 13.0 Å². The van der Waals surface area contributed by atoms with E-state index in [4.69, 9.17) is 0 Å². The van der Waals surface area contributed by atoms with Crippen LogP contribution >= 0.6 is 28.3 Å². The topological polar surface area (TPSA) is 15.3 Å². The highest BCUT2D eigenvalue weighted by Gasteiger charge is 2.09. The van der Waals surface area contributed by atoms with E-state index in [0.29, 0.717) is 0 Å². The number of benzene rings is 1. The molecule has 0 bridgehead atoms. The predicted molar refractivity (Wildman–Crippen MR) is 74.2 cm³/mol. The number of hydrogen-bond acceptors (Lipinski definition) is 2. The van der Waals surface area contributed by atoms with E-state index >= 15 is 0 Å². The summed E-state index contributed by atoms with van der Waals surface area (Å²) >= 11 is 3.60. The normalized spacial score (nSPS) is 17.6. The van der Waals surface area contributed by atoms with Gasteiger partial charge in [-0.3, -0.25) is 4.90 Å². The Morgan fingerprint density at radius 2 is 2.00 bits per heavy atom. The van der Waals surface area contributed by atoms with Gasteiger partial charge >= 0.3 is 0 Å². The molecule has 2 rings (SSSR count). The van der Waals surface area contributed by atoms with Gasteiger partial charge in [0.25, 0.3) is 0 Å². The average Bonchev–Trinajstić information content (AvgIpc) is 2.50. The minimum absolute atomic E-state index is 0. The molecule has 0 radical (unpaired) electrons. The summed E-state index contributed by atoms with van der Waals surface area (Å²) in [5.41, 5.74) is 1.39. The summed E-state index contributed by atoms with van der Waals surface area (Å²) < 4.78 is 1.22. The van der Waals surface area contributed by atoms with Gasteiger partial charge in [-0.1, -0.05) is 34.1 Å². The smallest absolute Gasteiger partial charge is 0.0245 e. The maximum absolute atomic E-state index is 3.60. The van der Waals surface area contributed by atoms with Crippen LogP contribution in [0.2, 0.25) is 0 Å². The van der Waals surface area contributed by atoms with Gasteiger partial charge in [0.05, 0.1) is 0 Å². The van der Waals surface area contributed by atoms with Gasteiger partial charge in [-0.05, 0) is 31.1 Å². The lowest BCUT2D eigenvalue weighted by Crippen LogP contribution is -2.27. The maximum Gasteiger partial charge on any atom is 0.0245 e. The number of nitrogens with zero attached hydrogens (tertiary/aromatic N) is 1. The number of halogens is 2. The van der Waals surface area contributed by atoms with Gasteiger partial charge in [-0.25, -0.2) is 0 Å². The van der Waals surface area contributed by atoms with E-state index in [2.05, 4.69) is 50.4 Å². The van der Waals surface area contributed by atoms with E-state index in [1.165, 1.54) is 23.0 Å². The number of hydrogen-bond donors (Lipinski definition) is 1. The first-order valence-corrected chi connectivity index (χ1v) is 6.32. The Bertz CT molecular complexity index is 312. The van der Waals surface area contributed by atoms with Gasteiger partial charge in [-0.15, -0.1) is 12.4 Å². The molecular formula is C12H18BrClN2. The predicted octanol–water partition coefficient (Wildman–Crippen LogP) is 2.67. The zero-order valence-corrected chi connectivity index (χ0v) is 11.7. The first kappa shape index (κ1) is 14.0. The van der Waals surface area contributed by atoms with Gasteiger partial charge in [0, 0.05) is 24.1 Å². The van der Waals surface area contributed by atoms with Gasteiger partial charge in [0.1, 0.15) is 0 Å². The van der Waals surface area contributed by atoms with Crippen molar-refractivity contribution < 1.29 is 0 Å². The molecule has 1 fully saturated rings. The Morgan fingerprint density at radius 1 is 1.19 bits per heavy atom. The Morgan fingerprint density at radius 3 is 2.81 bits per heavy atom.